The number of benzene rings is 2. The Hall–Kier alpha value is -2.59. The predicted octanol–water partition coefficient (Wildman–Crippen LogP) is 5.36. The quantitative estimate of drug-likeness (QED) is 0.630. The van der Waals surface area contributed by atoms with E-state index in [4.69, 9.17) is 4.42 Å². The smallest absolute Gasteiger partial charge is 0.248 e. The lowest BCUT2D eigenvalue weighted by atomic mass is 10.0. The highest BCUT2D eigenvalue weighted by molar-refractivity contribution is 9.10. The molecular weight excluding hydrogens is 354 g/mol. The van der Waals surface area contributed by atoms with Gasteiger partial charge in [-0.1, -0.05) is 48.5 Å². The zero-order valence-electron chi connectivity index (χ0n) is 12.2. The molecule has 0 aliphatic carbocycles. The third-order valence-electron chi connectivity index (χ3n) is 3.26. The number of amides is 1. The number of carbonyl (C=O) groups is 1. The fourth-order valence-electron chi connectivity index (χ4n) is 2.21. The Bertz CT molecular complexity index is 837. The summed E-state index contributed by atoms with van der Waals surface area (Å²) >= 11 is 3.23. The standard InChI is InChI=1S/C19H14BrNO2/c20-18-12-10-15(23-18)11-13-19(22)21-17-9-5-4-8-16(17)14-6-2-1-3-7-14/h1-13H,(H,21,22). The Kier molecular flexibility index (Phi) is 4.74. The Morgan fingerprint density at radius 3 is 2.43 bits per heavy atom. The van der Waals surface area contributed by atoms with Gasteiger partial charge in [0.1, 0.15) is 5.76 Å². The summed E-state index contributed by atoms with van der Waals surface area (Å²) in [5, 5.41) is 2.91. The highest BCUT2D eigenvalue weighted by Gasteiger charge is 2.06. The molecule has 2 aromatic carbocycles. The van der Waals surface area contributed by atoms with Crippen LogP contribution >= 0.6 is 15.9 Å². The van der Waals surface area contributed by atoms with Crippen LogP contribution in [0.25, 0.3) is 17.2 Å². The molecule has 23 heavy (non-hydrogen) atoms. The molecule has 0 spiro atoms. The van der Waals surface area contributed by atoms with Crippen LogP contribution in [0.1, 0.15) is 5.76 Å². The Labute approximate surface area is 142 Å². The van der Waals surface area contributed by atoms with Crippen molar-refractivity contribution in [2.75, 3.05) is 5.32 Å². The zero-order chi connectivity index (χ0) is 16.1. The van der Waals surface area contributed by atoms with Crippen molar-refractivity contribution in [2.24, 2.45) is 0 Å². The first-order chi connectivity index (χ1) is 11.2. The number of anilines is 1. The number of hydrogen-bond acceptors (Lipinski definition) is 2. The molecule has 0 aliphatic rings. The van der Waals surface area contributed by atoms with E-state index in [9.17, 15) is 4.79 Å². The topological polar surface area (TPSA) is 42.2 Å². The third kappa shape index (κ3) is 3.99. The first-order valence-electron chi connectivity index (χ1n) is 7.11. The molecule has 1 heterocycles. The fraction of sp³-hybridized carbons (Fsp3) is 0. The minimum Gasteiger partial charge on any atom is -0.450 e. The number of para-hydroxylation sites is 1. The average Bonchev–Trinajstić information content (AvgIpc) is 3.00. The molecule has 0 radical (unpaired) electrons. The molecule has 1 aromatic heterocycles. The Morgan fingerprint density at radius 2 is 1.70 bits per heavy atom. The minimum absolute atomic E-state index is 0.207. The first-order valence-corrected chi connectivity index (χ1v) is 7.90. The molecule has 1 amide bonds. The molecule has 0 saturated heterocycles. The van der Waals surface area contributed by atoms with E-state index in [1.54, 1.807) is 18.2 Å². The second-order valence-electron chi connectivity index (χ2n) is 4.88. The van der Waals surface area contributed by atoms with Gasteiger partial charge in [0, 0.05) is 17.3 Å². The van der Waals surface area contributed by atoms with Gasteiger partial charge < -0.3 is 9.73 Å². The van der Waals surface area contributed by atoms with E-state index in [1.807, 2.05) is 54.6 Å². The summed E-state index contributed by atoms with van der Waals surface area (Å²) in [5.41, 5.74) is 2.81. The normalized spacial score (nSPS) is 10.8. The molecule has 3 nitrogen and oxygen atoms in total. The summed E-state index contributed by atoms with van der Waals surface area (Å²) in [6.45, 7) is 0. The number of nitrogens with one attached hydrogen (secondary N) is 1. The van der Waals surface area contributed by atoms with Crippen LogP contribution in [0.5, 0.6) is 0 Å². The van der Waals surface area contributed by atoms with Crippen molar-refractivity contribution < 1.29 is 9.21 Å². The molecule has 0 saturated carbocycles. The lowest BCUT2D eigenvalue weighted by Crippen LogP contribution is -2.08. The van der Waals surface area contributed by atoms with Crippen LogP contribution in [0, 0.1) is 0 Å². The van der Waals surface area contributed by atoms with Gasteiger partial charge in [0.15, 0.2) is 4.67 Å². The van der Waals surface area contributed by atoms with Crippen LogP contribution in [0.3, 0.4) is 0 Å². The van der Waals surface area contributed by atoms with Crippen molar-refractivity contribution in [3.8, 4) is 11.1 Å². The largest absolute Gasteiger partial charge is 0.450 e. The summed E-state index contributed by atoms with van der Waals surface area (Å²) in [4.78, 5) is 12.1. The minimum atomic E-state index is -0.207. The monoisotopic (exact) mass is 367 g/mol. The summed E-state index contributed by atoms with van der Waals surface area (Å²) in [6, 6.07) is 21.2. The van der Waals surface area contributed by atoms with Crippen molar-refractivity contribution in [1.82, 2.24) is 0 Å². The van der Waals surface area contributed by atoms with Crippen LogP contribution in [0.2, 0.25) is 0 Å². The molecule has 0 unspecified atom stereocenters. The predicted molar refractivity (Wildman–Crippen MR) is 95.9 cm³/mol. The van der Waals surface area contributed by atoms with Crippen LogP contribution in [0.15, 0.2) is 81.9 Å². The number of halogens is 1. The van der Waals surface area contributed by atoms with Gasteiger partial charge in [-0.3, -0.25) is 4.79 Å². The first kappa shape index (κ1) is 15.3. The summed E-state index contributed by atoms with van der Waals surface area (Å²) in [5.74, 6) is 0.407. The number of furan rings is 1. The second kappa shape index (κ2) is 7.11. The lowest BCUT2D eigenvalue weighted by molar-refractivity contribution is -0.111. The molecule has 0 bridgehead atoms. The van der Waals surface area contributed by atoms with Gasteiger partial charge in [0.05, 0.1) is 0 Å². The summed E-state index contributed by atoms with van der Waals surface area (Å²) < 4.78 is 5.96. The molecule has 114 valence electrons. The van der Waals surface area contributed by atoms with E-state index in [0.29, 0.717) is 10.4 Å². The molecule has 0 atom stereocenters. The van der Waals surface area contributed by atoms with Gasteiger partial charge in [0.25, 0.3) is 0 Å². The molecule has 4 heteroatoms. The molecule has 3 rings (SSSR count). The van der Waals surface area contributed by atoms with E-state index in [0.717, 1.165) is 16.8 Å². The van der Waals surface area contributed by atoms with Gasteiger partial charge in [-0.15, -0.1) is 0 Å². The highest BCUT2D eigenvalue weighted by Crippen LogP contribution is 2.27. The summed E-state index contributed by atoms with van der Waals surface area (Å²) in [7, 11) is 0. The van der Waals surface area contributed by atoms with Crippen LogP contribution in [0.4, 0.5) is 5.69 Å². The van der Waals surface area contributed by atoms with Crippen molar-refractivity contribution in [1.29, 1.82) is 0 Å². The third-order valence-corrected chi connectivity index (χ3v) is 3.69. The van der Waals surface area contributed by atoms with Gasteiger partial charge in [-0.25, -0.2) is 0 Å². The van der Waals surface area contributed by atoms with Crippen molar-refractivity contribution in [2.45, 2.75) is 0 Å². The van der Waals surface area contributed by atoms with E-state index < -0.39 is 0 Å². The zero-order valence-corrected chi connectivity index (χ0v) is 13.8. The molecule has 1 N–H and O–H groups in total. The SMILES string of the molecule is O=C(C=Cc1ccc(Br)o1)Nc1ccccc1-c1ccccc1. The van der Waals surface area contributed by atoms with Crippen molar-refractivity contribution in [3.05, 3.63) is 83.2 Å². The van der Waals surface area contributed by atoms with Gasteiger partial charge in [-0.2, -0.15) is 0 Å². The Morgan fingerprint density at radius 1 is 0.957 bits per heavy atom. The van der Waals surface area contributed by atoms with Gasteiger partial charge in [0.2, 0.25) is 5.91 Å². The highest BCUT2D eigenvalue weighted by atomic mass is 79.9. The number of rotatable bonds is 4. The van der Waals surface area contributed by atoms with Crippen LogP contribution in [-0.2, 0) is 4.79 Å². The van der Waals surface area contributed by atoms with E-state index in [-0.39, 0.29) is 5.91 Å². The maximum absolute atomic E-state index is 12.1. The van der Waals surface area contributed by atoms with E-state index >= 15 is 0 Å². The fourth-order valence-corrected chi connectivity index (χ4v) is 2.53. The molecular formula is C19H14BrNO2. The summed E-state index contributed by atoms with van der Waals surface area (Å²) in [6.07, 6.45) is 3.08. The number of carbonyl (C=O) groups excluding carboxylic acids is 1. The van der Waals surface area contributed by atoms with E-state index in [1.165, 1.54) is 6.08 Å². The lowest BCUT2D eigenvalue weighted by Gasteiger charge is -2.09. The van der Waals surface area contributed by atoms with Crippen molar-refractivity contribution in [3.63, 3.8) is 0 Å². The molecule has 0 fully saturated rings. The second-order valence-corrected chi connectivity index (χ2v) is 5.66. The average molecular weight is 368 g/mol. The van der Waals surface area contributed by atoms with Gasteiger partial charge in [-0.05, 0) is 45.8 Å². The van der Waals surface area contributed by atoms with Crippen LogP contribution < -0.4 is 5.32 Å². The van der Waals surface area contributed by atoms with Gasteiger partial charge >= 0.3 is 0 Å². The molecule has 0 aliphatic heterocycles. The molecule has 3 aromatic rings. The number of hydrogen-bond donors (Lipinski definition) is 1. The maximum Gasteiger partial charge on any atom is 0.248 e. The van der Waals surface area contributed by atoms with E-state index in [2.05, 4.69) is 21.2 Å². The van der Waals surface area contributed by atoms with Crippen molar-refractivity contribution >= 4 is 33.6 Å². The Balaban J connectivity index is 1.78. The van der Waals surface area contributed by atoms with Crippen LogP contribution in [-0.4, -0.2) is 5.91 Å². The maximum atomic E-state index is 12.1.